The molecule has 0 fully saturated rings. The smallest absolute Gasteiger partial charge is 0.411 e. The Labute approximate surface area is 210 Å². The minimum atomic E-state index is -1.50. The average molecular weight is 499 g/mol. The first-order chi connectivity index (χ1) is 17.1. The summed E-state index contributed by atoms with van der Waals surface area (Å²) in [7, 11) is 0. The summed E-state index contributed by atoms with van der Waals surface area (Å²) >= 11 is 0. The molecule has 10 nitrogen and oxygen atoms in total. The van der Waals surface area contributed by atoms with Crippen LogP contribution in [-0.2, 0) is 22.4 Å². The van der Waals surface area contributed by atoms with Crippen LogP contribution in [0, 0.1) is 5.92 Å². The Bertz CT molecular complexity index is 1000. The highest BCUT2D eigenvalue weighted by Crippen LogP contribution is 2.28. The van der Waals surface area contributed by atoms with Crippen molar-refractivity contribution in [1.29, 1.82) is 0 Å². The molecule has 0 radical (unpaired) electrons. The summed E-state index contributed by atoms with van der Waals surface area (Å²) in [5.41, 5.74) is 0.418. The number of hydrogen-bond acceptors (Lipinski definition) is 6. The topological polar surface area (TPSA) is 157 Å². The summed E-state index contributed by atoms with van der Waals surface area (Å²) in [6.45, 7) is 3.61. The van der Waals surface area contributed by atoms with E-state index in [1.54, 1.807) is 6.92 Å². The highest BCUT2D eigenvalue weighted by atomic mass is 16.4. The van der Waals surface area contributed by atoms with E-state index in [1.807, 2.05) is 66.0 Å². The van der Waals surface area contributed by atoms with Gasteiger partial charge in [-0.1, -0.05) is 60.7 Å². The number of aldehydes is 1. The zero-order chi connectivity index (χ0) is 26.6. The third kappa shape index (κ3) is 9.12. The van der Waals surface area contributed by atoms with Crippen LogP contribution in [0.25, 0.3) is 0 Å². The van der Waals surface area contributed by atoms with Crippen LogP contribution in [0.2, 0.25) is 0 Å². The van der Waals surface area contributed by atoms with Gasteiger partial charge >= 0.3 is 12.2 Å². The highest BCUT2D eigenvalue weighted by Gasteiger charge is 2.42. The first-order valence-corrected chi connectivity index (χ1v) is 11.7. The predicted octanol–water partition coefficient (Wildman–Crippen LogP) is 2.39. The Morgan fingerprint density at radius 3 is 2.03 bits per heavy atom. The molecule has 0 aliphatic carbocycles. The lowest BCUT2D eigenvalue weighted by Gasteiger charge is -2.44. The molecule has 36 heavy (non-hydrogen) atoms. The number of benzene rings is 2. The quantitative estimate of drug-likeness (QED) is 0.171. The van der Waals surface area contributed by atoms with E-state index in [4.69, 9.17) is 5.11 Å². The van der Waals surface area contributed by atoms with Crippen LogP contribution >= 0.6 is 0 Å². The minimum Gasteiger partial charge on any atom is -0.465 e. The number of carboxylic acid groups (broad SMARTS) is 2. The molecular weight excluding hydrogens is 464 g/mol. The number of imide groups is 1. The van der Waals surface area contributed by atoms with E-state index >= 15 is 0 Å². The second-order valence-electron chi connectivity index (χ2n) is 8.78. The number of carbonyl (C=O) groups is 4. The molecule has 194 valence electrons. The zero-order valence-corrected chi connectivity index (χ0v) is 20.4. The van der Waals surface area contributed by atoms with Gasteiger partial charge in [0.05, 0.1) is 12.1 Å². The molecule has 0 spiro atoms. The largest absolute Gasteiger partial charge is 0.465 e. The molecule has 0 saturated carbocycles. The molecule has 0 bridgehead atoms. The molecular formula is C26H34N4O6. The van der Waals surface area contributed by atoms with Gasteiger partial charge < -0.3 is 25.6 Å². The lowest BCUT2D eigenvalue weighted by molar-refractivity contribution is -0.123. The van der Waals surface area contributed by atoms with Crippen molar-refractivity contribution >= 4 is 24.4 Å². The predicted molar refractivity (Wildman–Crippen MR) is 135 cm³/mol. The fourth-order valence-electron chi connectivity index (χ4n) is 4.22. The van der Waals surface area contributed by atoms with Gasteiger partial charge in [-0.25, -0.2) is 9.59 Å². The minimum absolute atomic E-state index is 0.186. The van der Waals surface area contributed by atoms with Gasteiger partial charge in [-0.05, 0) is 44.4 Å². The molecule has 2 aromatic rings. The van der Waals surface area contributed by atoms with Gasteiger partial charge in [0.25, 0.3) is 0 Å². The summed E-state index contributed by atoms with van der Waals surface area (Å²) in [4.78, 5) is 46.8. The van der Waals surface area contributed by atoms with E-state index in [0.29, 0.717) is 19.4 Å². The summed E-state index contributed by atoms with van der Waals surface area (Å²) in [5.74, 6) is -1.21. The molecule has 0 aliphatic heterocycles. The summed E-state index contributed by atoms with van der Waals surface area (Å²) < 4.78 is 0. The summed E-state index contributed by atoms with van der Waals surface area (Å²) in [5, 5.41) is 29.6. The molecule has 6 N–H and O–H groups in total. The molecule has 2 rings (SSSR count). The maximum absolute atomic E-state index is 12.5. The number of nitrogens with one attached hydrogen (secondary N) is 4. The molecule has 2 aromatic carbocycles. The normalized spacial score (nSPS) is 15.1. The third-order valence-electron chi connectivity index (χ3n) is 5.94. The molecule has 10 heteroatoms. The maximum Gasteiger partial charge on any atom is 0.411 e. The van der Waals surface area contributed by atoms with Gasteiger partial charge in [-0.2, -0.15) is 0 Å². The van der Waals surface area contributed by atoms with Crippen molar-refractivity contribution in [3.05, 3.63) is 71.8 Å². The molecule has 0 heterocycles. The van der Waals surface area contributed by atoms with E-state index in [0.717, 1.165) is 17.4 Å². The lowest BCUT2D eigenvalue weighted by atomic mass is 9.79. The van der Waals surface area contributed by atoms with Crippen molar-refractivity contribution in [2.24, 2.45) is 5.92 Å². The highest BCUT2D eigenvalue weighted by molar-refractivity contribution is 5.94. The molecule has 0 aliphatic rings. The van der Waals surface area contributed by atoms with Gasteiger partial charge in [0.15, 0.2) is 0 Å². The van der Waals surface area contributed by atoms with Crippen LogP contribution in [0.4, 0.5) is 9.59 Å². The Morgan fingerprint density at radius 1 is 0.917 bits per heavy atom. The first kappa shape index (κ1) is 28.5. The molecule has 0 aromatic heterocycles. The van der Waals surface area contributed by atoms with E-state index in [-0.39, 0.29) is 12.5 Å². The van der Waals surface area contributed by atoms with E-state index < -0.39 is 35.7 Å². The van der Waals surface area contributed by atoms with E-state index in [1.165, 1.54) is 6.92 Å². The monoisotopic (exact) mass is 498 g/mol. The van der Waals surface area contributed by atoms with Gasteiger partial charge in [-0.3, -0.25) is 15.4 Å². The Morgan fingerprint density at radius 2 is 1.50 bits per heavy atom. The molecule has 3 amide bonds. The van der Waals surface area contributed by atoms with Crippen molar-refractivity contribution in [2.45, 2.75) is 50.9 Å². The van der Waals surface area contributed by atoms with Gasteiger partial charge in [0.2, 0.25) is 5.91 Å². The van der Waals surface area contributed by atoms with Crippen molar-refractivity contribution in [1.82, 2.24) is 21.3 Å². The Balaban J connectivity index is 2.54. The second kappa shape index (κ2) is 14.0. The van der Waals surface area contributed by atoms with Gasteiger partial charge in [-0.15, -0.1) is 0 Å². The number of carbonyl (C=O) groups excluding carboxylic acids is 2. The maximum atomic E-state index is 12.5. The van der Waals surface area contributed by atoms with Crippen LogP contribution in [0.1, 0.15) is 31.4 Å². The fourth-order valence-corrected chi connectivity index (χ4v) is 4.22. The standard InChI is InChI=1S/C26H34N4O6/c1-18(17-31)27-14-13-22(15-20-9-5-3-6-10-20)26(30-25(35)36,16-21-11-7-4-8-12-21)29-19(2)23(32)28-24(33)34/h3-12,17-19,22,27,29-30H,13-16H2,1-2H3,(H,28,32)(H,33,34)(H,35,36)/t18?,19-,22+,26?/m0/s1. The Hall–Kier alpha value is -3.76. The van der Waals surface area contributed by atoms with Crippen LogP contribution in [0.5, 0.6) is 0 Å². The van der Waals surface area contributed by atoms with Crippen LogP contribution < -0.4 is 21.3 Å². The SMILES string of the molecule is CC(C=O)NCC[C@H](Cc1ccccc1)C(Cc1ccccc1)(NC(=O)O)N[C@@H](C)C(=O)NC(=O)O. The summed E-state index contributed by atoms with van der Waals surface area (Å²) in [6, 6.07) is 17.3. The lowest BCUT2D eigenvalue weighted by Crippen LogP contribution is -2.69. The average Bonchev–Trinajstić information content (AvgIpc) is 2.83. The number of rotatable bonds is 14. The van der Waals surface area contributed by atoms with Crippen molar-refractivity contribution in [3.63, 3.8) is 0 Å². The van der Waals surface area contributed by atoms with Crippen molar-refractivity contribution in [2.75, 3.05) is 6.54 Å². The second-order valence-corrected chi connectivity index (χ2v) is 8.78. The third-order valence-corrected chi connectivity index (χ3v) is 5.94. The van der Waals surface area contributed by atoms with Crippen LogP contribution in [0.3, 0.4) is 0 Å². The molecule has 2 unspecified atom stereocenters. The molecule has 0 saturated heterocycles. The van der Waals surface area contributed by atoms with E-state index in [2.05, 4.69) is 16.0 Å². The van der Waals surface area contributed by atoms with Crippen molar-refractivity contribution < 1.29 is 29.4 Å². The van der Waals surface area contributed by atoms with E-state index in [9.17, 15) is 24.3 Å². The fraction of sp³-hybridized carbons (Fsp3) is 0.385. The van der Waals surface area contributed by atoms with Gasteiger partial charge in [0, 0.05) is 12.3 Å². The molecule has 4 atom stereocenters. The number of hydrogen-bond donors (Lipinski definition) is 6. The summed E-state index contributed by atoms with van der Waals surface area (Å²) in [6.07, 6.45) is -0.926. The first-order valence-electron chi connectivity index (χ1n) is 11.7. The van der Waals surface area contributed by atoms with Crippen LogP contribution in [-0.4, -0.2) is 58.9 Å². The Kier molecular flexibility index (Phi) is 11.0. The number of amides is 3. The van der Waals surface area contributed by atoms with Crippen molar-refractivity contribution in [3.8, 4) is 0 Å². The van der Waals surface area contributed by atoms with Crippen LogP contribution in [0.15, 0.2) is 60.7 Å². The van der Waals surface area contributed by atoms with Gasteiger partial charge in [0.1, 0.15) is 11.9 Å². The zero-order valence-electron chi connectivity index (χ0n) is 20.4.